The summed E-state index contributed by atoms with van der Waals surface area (Å²) in [4.78, 5) is 0. The molecule has 0 bridgehead atoms. The monoisotopic (exact) mass is 282 g/mol. The van der Waals surface area contributed by atoms with Crippen LogP contribution in [0, 0.1) is 0 Å². The standard InChI is InChI=1S/C12H11I/c1-13-9-11-7-4-6-10-5-2-3-8-12(10)11/h2-8H,1,9H2. The van der Waals surface area contributed by atoms with Gasteiger partial charge in [-0.2, -0.15) is 0 Å². The highest BCUT2D eigenvalue weighted by Crippen LogP contribution is 2.21. The Kier molecular flexibility index (Phi) is 2.74. The van der Waals surface area contributed by atoms with Crippen molar-refractivity contribution in [2.45, 2.75) is 4.43 Å². The highest BCUT2D eigenvalue weighted by molar-refractivity contribution is 14.2. The average Bonchev–Trinajstić information content (AvgIpc) is 2.19. The average molecular weight is 282 g/mol. The highest BCUT2D eigenvalue weighted by atomic mass is 127. The first kappa shape index (κ1) is 8.88. The quantitative estimate of drug-likeness (QED) is 0.581. The van der Waals surface area contributed by atoms with Gasteiger partial charge in [-0.1, -0.05) is 47.0 Å². The first-order valence-corrected chi connectivity index (χ1v) is 7.26. The lowest BCUT2D eigenvalue weighted by Gasteiger charge is -2.02. The molecule has 1 heteroatoms. The number of fused-ring (bicyclic) bond motifs is 1. The van der Waals surface area contributed by atoms with Crippen LogP contribution in [-0.4, -0.2) is 4.51 Å². The molecule has 2 rings (SSSR count). The van der Waals surface area contributed by atoms with Crippen LogP contribution in [-0.2, 0) is 4.43 Å². The maximum atomic E-state index is 4.00. The second-order valence-corrected chi connectivity index (χ2v) is 4.80. The fourth-order valence-corrected chi connectivity index (χ4v) is 2.76. The van der Waals surface area contributed by atoms with E-state index in [9.17, 15) is 0 Å². The Balaban J connectivity index is 2.68. The van der Waals surface area contributed by atoms with Gasteiger partial charge in [-0.3, -0.25) is 0 Å². The molecule has 0 heterocycles. The molecule has 2 aromatic rings. The van der Waals surface area contributed by atoms with Gasteiger partial charge < -0.3 is 0 Å². The molecule has 0 aliphatic rings. The van der Waals surface area contributed by atoms with E-state index in [-0.39, 0.29) is 20.7 Å². The van der Waals surface area contributed by atoms with Crippen LogP contribution in [0.25, 0.3) is 10.8 Å². The molecule has 0 aliphatic heterocycles. The van der Waals surface area contributed by atoms with Crippen molar-refractivity contribution >= 4 is 36.0 Å². The van der Waals surface area contributed by atoms with Crippen molar-refractivity contribution in [2.75, 3.05) is 0 Å². The van der Waals surface area contributed by atoms with Crippen molar-refractivity contribution in [3.05, 3.63) is 48.0 Å². The van der Waals surface area contributed by atoms with E-state index < -0.39 is 0 Å². The first-order valence-electron chi connectivity index (χ1n) is 4.21. The summed E-state index contributed by atoms with van der Waals surface area (Å²) in [6, 6.07) is 15.1. The summed E-state index contributed by atoms with van der Waals surface area (Å²) < 4.78 is 5.18. The van der Waals surface area contributed by atoms with Crippen molar-refractivity contribution < 1.29 is 0 Å². The third-order valence-electron chi connectivity index (χ3n) is 2.12. The molecule has 0 amide bonds. The topological polar surface area (TPSA) is 0 Å². The summed E-state index contributed by atoms with van der Waals surface area (Å²) in [5.74, 6) is 0. The zero-order chi connectivity index (χ0) is 9.10. The van der Waals surface area contributed by atoms with Crippen molar-refractivity contribution in [3.63, 3.8) is 0 Å². The molecule has 0 spiro atoms. The predicted molar refractivity (Wildman–Crippen MR) is 68.8 cm³/mol. The van der Waals surface area contributed by atoms with Gasteiger partial charge in [-0.05, 0) is 16.3 Å². The first-order chi connectivity index (χ1) is 6.42. The molecule has 0 N–H and O–H groups in total. The number of rotatable bonds is 2. The molecule has 0 nitrogen and oxygen atoms in total. The van der Waals surface area contributed by atoms with Gasteiger partial charge in [0.25, 0.3) is 0 Å². The highest BCUT2D eigenvalue weighted by Gasteiger charge is 1.96. The molecule has 0 aromatic heterocycles. The molecule has 0 radical (unpaired) electrons. The van der Waals surface area contributed by atoms with Crippen LogP contribution >= 0.6 is 20.7 Å². The zero-order valence-electron chi connectivity index (χ0n) is 7.33. The molecule has 0 atom stereocenters. The van der Waals surface area contributed by atoms with Gasteiger partial charge in [0.05, 0.1) is 0 Å². The molecule has 2 aromatic carbocycles. The van der Waals surface area contributed by atoms with E-state index in [1.807, 2.05) is 0 Å². The third kappa shape index (κ3) is 1.80. The van der Waals surface area contributed by atoms with E-state index in [1.165, 1.54) is 20.8 Å². The zero-order valence-corrected chi connectivity index (χ0v) is 9.49. The largest absolute Gasteiger partial charge is 0.126 e. The lowest BCUT2D eigenvalue weighted by Crippen LogP contribution is -1.80. The molecular weight excluding hydrogens is 271 g/mol. The van der Waals surface area contributed by atoms with Crippen LogP contribution in [0.3, 0.4) is 0 Å². The van der Waals surface area contributed by atoms with Gasteiger partial charge >= 0.3 is 0 Å². The van der Waals surface area contributed by atoms with Gasteiger partial charge in [-0.25, -0.2) is 0 Å². The minimum atomic E-state index is 0.104. The third-order valence-corrected chi connectivity index (χ3v) is 3.48. The molecule has 0 saturated heterocycles. The van der Waals surface area contributed by atoms with Crippen molar-refractivity contribution in [1.29, 1.82) is 0 Å². The van der Waals surface area contributed by atoms with Crippen LogP contribution < -0.4 is 0 Å². The van der Waals surface area contributed by atoms with Crippen molar-refractivity contribution in [1.82, 2.24) is 0 Å². The summed E-state index contributed by atoms with van der Waals surface area (Å²) >= 11 is 0.104. The Bertz CT molecular complexity index is 427. The number of hydrogen-bond acceptors (Lipinski definition) is 0. The van der Waals surface area contributed by atoms with Gasteiger partial charge in [-0.15, -0.1) is 20.7 Å². The Hall–Kier alpha value is -0.700. The van der Waals surface area contributed by atoms with Gasteiger partial charge in [0.2, 0.25) is 0 Å². The van der Waals surface area contributed by atoms with E-state index in [2.05, 4.69) is 47.0 Å². The van der Waals surface area contributed by atoms with Crippen LogP contribution in [0.5, 0.6) is 0 Å². The predicted octanol–water partition coefficient (Wildman–Crippen LogP) is 3.74. The number of halogens is 1. The van der Waals surface area contributed by atoms with Crippen LogP contribution in [0.2, 0.25) is 0 Å². The Morgan fingerprint density at radius 3 is 2.62 bits per heavy atom. The van der Waals surface area contributed by atoms with Gasteiger partial charge in [0.15, 0.2) is 0 Å². The smallest absolute Gasteiger partial charge is 0.0200 e. The molecule has 0 saturated carbocycles. The normalized spacial score (nSPS) is 10.5. The van der Waals surface area contributed by atoms with E-state index in [0.29, 0.717) is 0 Å². The molecule has 0 unspecified atom stereocenters. The van der Waals surface area contributed by atoms with E-state index in [0.717, 1.165) is 0 Å². The number of alkyl halides is 1. The summed E-state index contributed by atoms with van der Waals surface area (Å²) in [6.45, 7) is 0. The number of benzene rings is 2. The minimum Gasteiger partial charge on any atom is -0.126 e. The summed E-state index contributed by atoms with van der Waals surface area (Å²) in [6.07, 6.45) is 0. The molecule has 0 aliphatic carbocycles. The molecule has 13 heavy (non-hydrogen) atoms. The lowest BCUT2D eigenvalue weighted by atomic mass is 10.1. The van der Waals surface area contributed by atoms with Gasteiger partial charge in [0, 0.05) is 4.43 Å². The SMILES string of the molecule is C=ICc1cccc2ccccc12. The fourth-order valence-electron chi connectivity index (χ4n) is 1.51. The molecule has 0 fully saturated rings. The van der Waals surface area contributed by atoms with E-state index in [1.54, 1.807) is 0 Å². The van der Waals surface area contributed by atoms with Crippen LogP contribution in [0.4, 0.5) is 0 Å². The maximum Gasteiger partial charge on any atom is 0.0200 e. The van der Waals surface area contributed by atoms with Gasteiger partial charge in [0.1, 0.15) is 0 Å². The second kappa shape index (κ2) is 4.01. The van der Waals surface area contributed by atoms with E-state index in [4.69, 9.17) is 0 Å². The van der Waals surface area contributed by atoms with Crippen LogP contribution in [0.15, 0.2) is 42.5 Å². The van der Waals surface area contributed by atoms with Crippen molar-refractivity contribution in [2.24, 2.45) is 0 Å². The Morgan fingerprint density at radius 2 is 1.77 bits per heavy atom. The Morgan fingerprint density at radius 1 is 1.00 bits per heavy atom. The summed E-state index contributed by atoms with van der Waals surface area (Å²) in [5.41, 5.74) is 1.46. The van der Waals surface area contributed by atoms with Crippen LogP contribution in [0.1, 0.15) is 5.56 Å². The maximum absolute atomic E-state index is 4.00. The fraction of sp³-hybridized carbons (Fsp3) is 0.0833. The van der Waals surface area contributed by atoms with E-state index >= 15 is 0 Å². The molecule has 66 valence electrons. The van der Waals surface area contributed by atoms with Crippen molar-refractivity contribution in [3.8, 4) is 0 Å². The lowest BCUT2D eigenvalue weighted by molar-refractivity contribution is 1.51. The Labute approximate surface area is 88.3 Å². The molecular formula is C12H11I. The minimum absolute atomic E-state index is 0.104. The summed E-state index contributed by atoms with van der Waals surface area (Å²) in [7, 11) is 0. The second-order valence-electron chi connectivity index (χ2n) is 2.96. The summed E-state index contributed by atoms with van der Waals surface area (Å²) in [5, 5.41) is 2.74. The number of hydrogen-bond donors (Lipinski definition) is 0.